The number of nitrogens with one attached hydrogen (secondary N) is 2. The van der Waals surface area contributed by atoms with Crippen LogP contribution in [0.15, 0.2) is 48.5 Å². The third kappa shape index (κ3) is 3.69. The zero-order chi connectivity index (χ0) is 18.8. The molecule has 0 radical (unpaired) electrons. The molecule has 1 atom stereocenters. The number of aromatic amines is 1. The van der Waals surface area contributed by atoms with Crippen LogP contribution in [-0.4, -0.2) is 33.2 Å². The van der Waals surface area contributed by atoms with Gasteiger partial charge in [0.1, 0.15) is 5.82 Å². The molecule has 0 saturated carbocycles. The zero-order valence-electron chi connectivity index (χ0n) is 15.2. The summed E-state index contributed by atoms with van der Waals surface area (Å²) in [6.07, 6.45) is 1.53. The third-order valence-electron chi connectivity index (χ3n) is 4.90. The molecule has 4 rings (SSSR count). The molecule has 1 aliphatic heterocycles. The van der Waals surface area contributed by atoms with Gasteiger partial charge >= 0.3 is 0 Å². The van der Waals surface area contributed by atoms with Gasteiger partial charge in [-0.25, -0.2) is 4.98 Å². The average Bonchev–Trinajstić information content (AvgIpc) is 3.28. The van der Waals surface area contributed by atoms with Crippen molar-refractivity contribution in [2.75, 3.05) is 6.54 Å². The Hall–Kier alpha value is -3.15. The Morgan fingerprint density at radius 3 is 2.89 bits per heavy atom. The van der Waals surface area contributed by atoms with Gasteiger partial charge in [-0.05, 0) is 43.2 Å². The van der Waals surface area contributed by atoms with Gasteiger partial charge in [0, 0.05) is 25.1 Å². The van der Waals surface area contributed by atoms with E-state index in [2.05, 4.69) is 15.3 Å². The van der Waals surface area contributed by atoms with Crippen molar-refractivity contribution in [2.45, 2.75) is 32.4 Å². The summed E-state index contributed by atoms with van der Waals surface area (Å²) in [5.74, 6) is 0.754. The minimum Gasteiger partial charge on any atom is -0.342 e. The number of carbonyl (C=O) groups excluding carboxylic acids is 2. The molecule has 1 fully saturated rings. The molecular formula is C21H22N4O2. The highest BCUT2D eigenvalue weighted by atomic mass is 16.2. The maximum Gasteiger partial charge on any atom is 0.251 e. The first-order valence-corrected chi connectivity index (χ1v) is 9.22. The first kappa shape index (κ1) is 17.3. The van der Waals surface area contributed by atoms with Gasteiger partial charge in [0.05, 0.1) is 17.1 Å². The highest BCUT2D eigenvalue weighted by molar-refractivity contribution is 5.94. The van der Waals surface area contributed by atoms with Crippen molar-refractivity contribution in [1.82, 2.24) is 20.2 Å². The quantitative estimate of drug-likeness (QED) is 0.732. The maximum absolute atomic E-state index is 12.7. The van der Waals surface area contributed by atoms with Gasteiger partial charge in [0.15, 0.2) is 0 Å². The number of fused-ring (bicyclic) bond motifs is 1. The van der Waals surface area contributed by atoms with Crippen LogP contribution in [0.3, 0.4) is 0 Å². The smallest absolute Gasteiger partial charge is 0.251 e. The van der Waals surface area contributed by atoms with Crippen LogP contribution in [0.5, 0.6) is 0 Å². The Morgan fingerprint density at radius 2 is 2.11 bits per heavy atom. The van der Waals surface area contributed by atoms with Crippen molar-refractivity contribution < 1.29 is 9.59 Å². The highest BCUT2D eigenvalue weighted by Crippen LogP contribution is 2.18. The van der Waals surface area contributed by atoms with Crippen molar-refractivity contribution in [1.29, 1.82) is 0 Å². The van der Waals surface area contributed by atoms with Crippen molar-refractivity contribution in [3.63, 3.8) is 0 Å². The Morgan fingerprint density at radius 1 is 1.26 bits per heavy atom. The number of aromatic nitrogens is 2. The fourth-order valence-electron chi connectivity index (χ4n) is 3.43. The van der Waals surface area contributed by atoms with Crippen LogP contribution < -0.4 is 5.32 Å². The zero-order valence-corrected chi connectivity index (χ0v) is 15.2. The number of nitrogens with zero attached hydrogens (tertiary/aromatic N) is 2. The molecule has 1 aliphatic rings. The molecule has 1 saturated heterocycles. The van der Waals surface area contributed by atoms with Crippen molar-refractivity contribution >= 4 is 22.8 Å². The van der Waals surface area contributed by atoms with E-state index in [4.69, 9.17) is 0 Å². The number of amides is 2. The molecule has 2 amide bonds. The SMILES string of the molecule is CC(NC(=O)c1cccc(CN2CCCC2=O)c1)c1nc2ccccc2[nH]1. The number of benzene rings is 2. The molecule has 3 aromatic rings. The molecule has 1 aromatic heterocycles. The van der Waals surface area contributed by atoms with E-state index in [1.807, 2.05) is 54.3 Å². The molecule has 138 valence electrons. The molecule has 2 aromatic carbocycles. The first-order valence-electron chi connectivity index (χ1n) is 9.22. The molecule has 0 bridgehead atoms. The van der Waals surface area contributed by atoms with Gasteiger partial charge < -0.3 is 15.2 Å². The number of likely N-dealkylation sites (tertiary alicyclic amines) is 1. The second-order valence-electron chi connectivity index (χ2n) is 6.95. The molecule has 0 aliphatic carbocycles. The Bertz CT molecular complexity index is 962. The minimum absolute atomic E-state index is 0.155. The fourth-order valence-corrected chi connectivity index (χ4v) is 3.43. The number of hydrogen-bond acceptors (Lipinski definition) is 3. The summed E-state index contributed by atoms with van der Waals surface area (Å²) in [6.45, 7) is 3.25. The standard InChI is InChI=1S/C21H22N4O2/c1-14(20-23-17-8-2-3-9-18(17)24-20)22-21(27)16-7-4-6-15(12-16)13-25-11-5-10-19(25)26/h2-4,6-9,12,14H,5,10-11,13H2,1H3,(H,22,27)(H,23,24). The van der Waals surface area contributed by atoms with Crippen LogP contribution in [0.4, 0.5) is 0 Å². The summed E-state index contributed by atoms with van der Waals surface area (Å²) >= 11 is 0. The second kappa shape index (κ2) is 7.23. The van der Waals surface area contributed by atoms with Gasteiger partial charge in [-0.2, -0.15) is 0 Å². The van der Waals surface area contributed by atoms with Crippen molar-refractivity contribution in [3.8, 4) is 0 Å². The van der Waals surface area contributed by atoms with Gasteiger partial charge in [0.2, 0.25) is 5.91 Å². The summed E-state index contributed by atoms with van der Waals surface area (Å²) in [5.41, 5.74) is 3.38. The summed E-state index contributed by atoms with van der Waals surface area (Å²) in [6, 6.07) is 15.0. The Kier molecular flexibility index (Phi) is 4.62. The molecule has 2 heterocycles. The summed E-state index contributed by atoms with van der Waals surface area (Å²) < 4.78 is 0. The van der Waals surface area contributed by atoms with E-state index < -0.39 is 0 Å². The molecule has 2 N–H and O–H groups in total. The fraction of sp³-hybridized carbons (Fsp3) is 0.286. The molecule has 27 heavy (non-hydrogen) atoms. The molecule has 1 unspecified atom stereocenters. The van der Waals surface area contributed by atoms with Gasteiger partial charge in [0.25, 0.3) is 5.91 Å². The average molecular weight is 362 g/mol. The van der Waals surface area contributed by atoms with Crippen LogP contribution >= 0.6 is 0 Å². The molecule has 6 nitrogen and oxygen atoms in total. The number of rotatable bonds is 5. The number of para-hydroxylation sites is 2. The van der Waals surface area contributed by atoms with Crippen LogP contribution in [0, 0.1) is 0 Å². The van der Waals surface area contributed by atoms with E-state index in [-0.39, 0.29) is 17.9 Å². The Labute approximate surface area is 157 Å². The van der Waals surface area contributed by atoms with E-state index >= 15 is 0 Å². The lowest BCUT2D eigenvalue weighted by atomic mass is 10.1. The largest absolute Gasteiger partial charge is 0.342 e. The predicted molar refractivity (Wildman–Crippen MR) is 103 cm³/mol. The van der Waals surface area contributed by atoms with E-state index in [9.17, 15) is 9.59 Å². The lowest BCUT2D eigenvalue weighted by molar-refractivity contribution is -0.128. The maximum atomic E-state index is 12.7. The topological polar surface area (TPSA) is 78.1 Å². The van der Waals surface area contributed by atoms with E-state index in [1.165, 1.54) is 0 Å². The van der Waals surface area contributed by atoms with E-state index in [0.717, 1.165) is 35.4 Å². The second-order valence-corrected chi connectivity index (χ2v) is 6.95. The number of carbonyl (C=O) groups is 2. The lowest BCUT2D eigenvalue weighted by Gasteiger charge is -2.16. The van der Waals surface area contributed by atoms with Crippen molar-refractivity contribution in [3.05, 3.63) is 65.5 Å². The van der Waals surface area contributed by atoms with Gasteiger partial charge in [-0.1, -0.05) is 24.3 Å². The van der Waals surface area contributed by atoms with Gasteiger partial charge in [-0.3, -0.25) is 9.59 Å². The third-order valence-corrected chi connectivity index (χ3v) is 4.90. The molecule has 6 heteroatoms. The normalized spacial score (nSPS) is 15.3. The van der Waals surface area contributed by atoms with Crippen LogP contribution in [0.25, 0.3) is 11.0 Å². The number of hydrogen-bond donors (Lipinski definition) is 2. The van der Waals surface area contributed by atoms with Crippen LogP contribution in [-0.2, 0) is 11.3 Å². The van der Waals surface area contributed by atoms with E-state index in [1.54, 1.807) is 6.07 Å². The van der Waals surface area contributed by atoms with Crippen LogP contribution in [0.2, 0.25) is 0 Å². The monoisotopic (exact) mass is 362 g/mol. The lowest BCUT2D eigenvalue weighted by Crippen LogP contribution is -2.28. The Balaban J connectivity index is 1.45. The summed E-state index contributed by atoms with van der Waals surface area (Å²) in [5, 5.41) is 2.99. The number of H-pyrrole nitrogens is 1. The van der Waals surface area contributed by atoms with Crippen molar-refractivity contribution in [2.24, 2.45) is 0 Å². The molecular weight excluding hydrogens is 340 g/mol. The van der Waals surface area contributed by atoms with Crippen LogP contribution in [0.1, 0.15) is 47.6 Å². The molecule has 0 spiro atoms. The predicted octanol–water partition coefficient (Wildman–Crippen LogP) is 3.18. The number of imidazole rings is 1. The first-order chi connectivity index (χ1) is 13.1. The minimum atomic E-state index is -0.242. The highest BCUT2D eigenvalue weighted by Gasteiger charge is 2.20. The van der Waals surface area contributed by atoms with Gasteiger partial charge in [-0.15, -0.1) is 0 Å². The summed E-state index contributed by atoms with van der Waals surface area (Å²) in [4.78, 5) is 34.1. The summed E-state index contributed by atoms with van der Waals surface area (Å²) in [7, 11) is 0. The van der Waals surface area contributed by atoms with E-state index in [0.29, 0.717) is 18.5 Å².